The van der Waals surface area contributed by atoms with Gasteiger partial charge < -0.3 is 19.3 Å². The first-order valence-electron chi connectivity index (χ1n) is 4.36. The molecule has 0 radical (unpaired) electrons. The molecule has 0 heterocycles. The highest BCUT2D eigenvalue weighted by molar-refractivity contribution is 7.80. The Morgan fingerprint density at radius 3 is 1.69 bits per heavy atom. The number of ether oxygens (including phenoxy) is 3. The molecule has 0 aliphatic carbocycles. The van der Waals surface area contributed by atoms with Crippen molar-refractivity contribution < 1.29 is 19.3 Å². The van der Waals surface area contributed by atoms with Crippen LogP contribution in [0.4, 0.5) is 0 Å². The van der Waals surface area contributed by atoms with Crippen molar-refractivity contribution in [2.24, 2.45) is 0 Å². The number of aliphatic hydroxyl groups is 1. The minimum absolute atomic E-state index is 0.0606. The molecule has 0 aromatic heterocycles. The van der Waals surface area contributed by atoms with Gasteiger partial charge in [0.2, 0.25) is 0 Å². The zero-order chi connectivity index (χ0) is 9.78. The van der Waals surface area contributed by atoms with E-state index in [0.717, 1.165) is 5.75 Å². The molecular formula is C8H18O4S. The first-order chi connectivity index (χ1) is 6.41. The Hall–Kier alpha value is 0.190. The van der Waals surface area contributed by atoms with Crippen LogP contribution in [0, 0.1) is 0 Å². The molecule has 0 spiro atoms. The predicted molar refractivity (Wildman–Crippen MR) is 53.4 cm³/mol. The average molecular weight is 210 g/mol. The molecule has 80 valence electrons. The van der Waals surface area contributed by atoms with Crippen molar-refractivity contribution in [1.82, 2.24) is 0 Å². The molecule has 0 bridgehead atoms. The lowest BCUT2D eigenvalue weighted by molar-refractivity contribution is 0.0100. The molecule has 1 N–H and O–H groups in total. The van der Waals surface area contributed by atoms with Crippen LogP contribution in [0.15, 0.2) is 0 Å². The highest BCUT2D eigenvalue weighted by atomic mass is 32.1. The van der Waals surface area contributed by atoms with Crippen molar-refractivity contribution in [3.8, 4) is 0 Å². The van der Waals surface area contributed by atoms with Crippen LogP contribution >= 0.6 is 12.6 Å². The van der Waals surface area contributed by atoms with Crippen LogP contribution < -0.4 is 0 Å². The van der Waals surface area contributed by atoms with Gasteiger partial charge in [-0.25, -0.2) is 0 Å². The molecule has 0 saturated carbocycles. The molecule has 0 saturated heterocycles. The summed E-state index contributed by atoms with van der Waals surface area (Å²) in [6.07, 6.45) is 0. The van der Waals surface area contributed by atoms with E-state index in [9.17, 15) is 0 Å². The lowest BCUT2D eigenvalue weighted by Crippen LogP contribution is -2.11. The molecule has 0 aromatic rings. The highest BCUT2D eigenvalue weighted by Gasteiger charge is 1.89. The van der Waals surface area contributed by atoms with Gasteiger partial charge in [-0.3, -0.25) is 0 Å². The van der Waals surface area contributed by atoms with Gasteiger partial charge >= 0.3 is 0 Å². The Balaban J connectivity index is 2.76. The lowest BCUT2D eigenvalue weighted by Gasteiger charge is -2.04. The van der Waals surface area contributed by atoms with E-state index in [1.54, 1.807) is 0 Å². The minimum atomic E-state index is 0.0606. The third-order valence-corrected chi connectivity index (χ3v) is 1.40. The summed E-state index contributed by atoms with van der Waals surface area (Å²) in [7, 11) is 0. The number of rotatable bonds is 10. The molecule has 0 aliphatic heterocycles. The minimum Gasteiger partial charge on any atom is -0.394 e. The Morgan fingerprint density at radius 1 is 0.769 bits per heavy atom. The summed E-state index contributed by atoms with van der Waals surface area (Å²) >= 11 is 3.99. The molecule has 5 heteroatoms. The van der Waals surface area contributed by atoms with Crippen molar-refractivity contribution in [3.05, 3.63) is 0 Å². The van der Waals surface area contributed by atoms with E-state index >= 15 is 0 Å². The molecule has 0 fully saturated rings. The zero-order valence-corrected chi connectivity index (χ0v) is 8.67. The third kappa shape index (κ3) is 12.2. The largest absolute Gasteiger partial charge is 0.394 e. The molecular weight excluding hydrogens is 192 g/mol. The van der Waals surface area contributed by atoms with Gasteiger partial charge in [0, 0.05) is 5.75 Å². The van der Waals surface area contributed by atoms with Crippen molar-refractivity contribution in [2.75, 3.05) is 52.0 Å². The Morgan fingerprint density at radius 2 is 1.23 bits per heavy atom. The van der Waals surface area contributed by atoms with E-state index in [1.807, 2.05) is 0 Å². The molecule has 0 atom stereocenters. The average Bonchev–Trinajstić information content (AvgIpc) is 2.16. The van der Waals surface area contributed by atoms with E-state index in [4.69, 9.17) is 19.3 Å². The van der Waals surface area contributed by atoms with Crippen molar-refractivity contribution in [3.63, 3.8) is 0 Å². The summed E-state index contributed by atoms with van der Waals surface area (Å²) in [6.45, 7) is 3.34. The topological polar surface area (TPSA) is 47.9 Å². The Bertz CT molecular complexity index is 82.2. The molecule has 0 amide bonds. The fourth-order valence-electron chi connectivity index (χ4n) is 0.671. The number of thiol groups is 1. The molecule has 4 nitrogen and oxygen atoms in total. The Kier molecular flexibility index (Phi) is 12.4. The maximum Gasteiger partial charge on any atom is 0.0701 e. The maximum absolute atomic E-state index is 8.37. The molecule has 13 heavy (non-hydrogen) atoms. The number of hydrogen-bond donors (Lipinski definition) is 2. The summed E-state index contributed by atoms with van der Waals surface area (Å²) in [4.78, 5) is 0. The predicted octanol–water partition coefficient (Wildman–Crippen LogP) is -0.0417. The van der Waals surface area contributed by atoms with E-state index < -0.39 is 0 Å². The van der Waals surface area contributed by atoms with Crippen molar-refractivity contribution in [2.45, 2.75) is 0 Å². The second kappa shape index (κ2) is 12.2. The smallest absolute Gasteiger partial charge is 0.0701 e. The summed E-state index contributed by atoms with van der Waals surface area (Å²) in [6, 6.07) is 0. The number of hydrogen-bond acceptors (Lipinski definition) is 5. The second-order valence-electron chi connectivity index (χ2n) is 2.28. The molecule has 0 aromatic carbocycles. The summed E-state index contributed by atoms with van der Waals surface area (Å²) in [5.74, 6) is 0.736. The third-order valence-electron chi connectivity index (χ3n) is 1.22. The quantitative estimate of drug-likeness (QED) is 0.392. The van der Waals surface area contributed by atoms with Crippen LogP contribution in [0.5, 0.6) is 0 Å². The van der Waals surface area contributed by atoms with Crippen LogP contribution in [-0.4, -0.2) is 57.1 Å². The Labute approximate surface area is 84.6 Å². The zero-order valence-electron chi connectivity index (χ0n) is 7.78. The van der Waals surface area contributed by atoms with Gasteiger partial charge in [0.05, 0.1) is 46.2 Å². The SMILES string of the molecule is OCCOCCOCCOCCS. The first kappa shape index (κ1) is 13.2. The molecule has 0 rings (SSSR count). The monoisotopic (exact) mass is 210 g/mol. The van der Waals surface area contributed by atoms with Crippen LogP contribution in [-0.2, 0) is 14.2 Å². The van der Waals surface area contributed by atoms with Crippen LogP contribution in [0.1, 0.15) is 0 Å². The van der Waals surface area contributed by atoms with E-state index in [-0.39, 0.29) is 6.61 Å². The van der Waals surface area contributed by atoms with E-state index in [1.165, 1.54) is 0 Å². The summed E-state index contributed by atoms with van der Waals surface area (Å²) in [5, 5.41) is 8.37. The molecule has 0 unspecified atom stereocenters. The lowest BCUT2D eigenvalue weighted by atomic mass is 10.7. The second-order valence-corrected chi connectivity index (χ2v) is 2.73. The first-order valence-corrected chi connectivity index (χ1v) is 5.00. The van der Waals surface area contributed by atoms with Gasteiger partial charge in [-0.15, -0.1) is 0 Å². The number of aliphatic hydroxyl groups excluding tert-OH is 1. The summed E-state index contributed by atoms with van der Waals surface area (Å²) in [5.41, 5.74) is 0. The van der Waals surface area contributed by atoms with Crippen LogP contribution in [0.3, 0.4) is 0 Å². The van der Waals surface area contributed by atoms with E-state index in [2.05, 4.69) is 12.6 Å². The van der Waals surface area contributed by atoms with Gasteiger partial charge in [-0.1, -0.05) is 0 Å². The van der Waals surface area contributed by atoms with Crippen molar-refractivity contribution >= 4 is 12.6 Å². The summed E-state index contributed by atoms with van der Waals surface area (Å²) < 4.78 is 15.3. The van der Waals surface area contributed by atoms with Crippen molar-refractivity contribution in [1.29, 1.82) is 0 Å². The van der Waals surface area contributed by atoms with Gasteiger partial charge in [0.1, 0.15) is 0 Å². The normalized spacial score (nSPS) is 10.6. The van der Waals surface area contributed by atoms with Gasteiger partial charge in [0.25, 0.3) is 0 Å². The fourth-order valence-corrected chi connectivity index (χ4v) is 0.800. The van der Waals surface area contributed by atoms with Gasteiger partial charge in [0.15, 0.2) is 0 Å². The van der Waals surface area contributed by atoms with Crippen LogP contribution in [0.2, 0.25) is 0 Å². The molecule has 0 aliphatic rings. The fraction of sp³-hybridized carbons (Fsp3) is 1.00. The highest BCUT2D eigenvalue weighted by Crippen LogP contribution is 1.81. The van der Waals surface area contributed by atoms with Crippen LogP contribution in [0.25, 0.3) is 0 Å². The standard InChI is InChI=1S/C8H18O4S/c9-1-2-10-3-4-11-5-6-12-7-8-13/h9,13H,1-8H2. The van der Waals surface area contributed by atoms with Gasteiger partial charge in [-0.05, 0) is 0 Å². The van der Waals surface area contributed by atoms with E-state index in [0.29, 0.717) is 39.6 Å². The maximum atomic E-state index is 8.37. The van der Waals surface area contributed by atoms with Gasteiger partial charge in [-0.2, -0.15) is 12.6 Å².